The zero-order valence-electron chi connectivity index (χ0n) is 14.4. The minimum atomic E-state index is -0.407. The van der Waals surface area contributed by atoms with E-state index >= 15 is 0 Å². The van der Waals surface area contributed by atoms with Crippen molar-refractivity contribution in [1.29, 1.82) is 0 Å². The summed E-state index contributed by atoms with van der Waals surface area (Å²) in [6.07, 6.45) is 0. The van der Waals surface area contributed by atoms with Crippen LogP contribution in [0.5, 0.6) is 0 Å². The Morgan fingerprint density at radius 2 is 1.89 bits per heavy atom. The van der Waals surface area contributed by atoms with Crippen LogP contribution in [-0.2, 0) is 6.54 Å². The van der Waals surface area contributed by atoms with Gasteiger partial charge in [-0.2, -0.15) is 5.10 Å². The first-order valence-corrected chi connectivity index (χ1v) is 9.09. The summed E-state index contributed by atoms with van der Waals surface area (Å²) >= 11 is 1.32. The van der Waals surface area contributed by atoms with Crippen molar-refractivity contribution in [1.82, 2.24) is 9.78 Å². The molecule has 7 heteroatoms. The molecule has 0 aliphatic carbocycles. The van der Waals surface area contributed by atoms with Crippen LogP contribution in [0.2, 0.25) is 0 Å². The molecule has 136 valence electrons. The molecular weight excluding hydrogens is 368 g/mol. The Labute approximate surface area is 158 Å². The molecule has 0 atom stereocenters. The van der Waals surface area contributed by atoms with Gasteiger partial charge in [0.05, 0.1) is 17.1 Å². The second kappa shape index (κ2) is 6.92. The van der Waals surface area contributed by atoms with Gasteiger partial charge in [-0.3, -0.25) is 9.48 Å². The Morgan fingerprint density at radius 1 is 1.11 bits per heavy atom. The first kappa shape index (κ1) is 17.4. The van der Waals surface area contributed by atoms with E-state index < -0.39 is 5.82 Å². The summed E-state index contributed by atoms with van der Waals surface area (Å²) in [5, 5.41) is 8.12. The number of anilines is 1. The van der Waals surface area contributed by atoms with E-state index in [4.69, 9.17) is 0 Å². The van der Waals surface area contributed by atoms with Crippen LogP contribution in [0.3, 0.4) is 0 Å². The van der Waals surface area contributed by atoms with Crippen LogP contribution in [0.15, 0.2) is 54.6 Å². The maximum atomic E-state index is 13.3. The van der Waals surface area contributed by atoms with Gasteiger partial charge in [0, 0.05) is 11.1 Å². The van der Waals surface area contributed by atoms with E-state index in [-0.39, 0.29) is 11.7 Å². The lowest BCUT2D eigenvalue weighted by Crippen LogP contribution is -2.10. The summed E-state index contributed by atoms with van der Waals surface area (Å²) < 4.78 is 28.2. The van der Waals surface area contributed by atoms with Crippen LogP contribution in [0.1, 0.15) is 20.9 Å². The van der Waals surface area contributed by atoms with Gasteiger partial charge < -0.3 is 5.32 Å². The number of amides is 1. The molecule has 1 N–H and O–H groups in total. The number of hydrogen-bond acceptors (Lipinski definition) is 3. The molecule has 4 aromatic rings. The topological polar surface area (TPSA) is 46.9 Å². The minimum absolute atomic E-state index is 0.284. The molecule has 4 nitrogen and oxygen atoms in total. The standard InChI is InChI=1S/C20H15F2N3OS/c1-12-17-10-18(19(26)23-16-4-2-3-15(22)9-16)27-20(17)25(24-12)11-13-5-7-14(21)8-6-13/h2-10H,11H2,1H3,(H,23,26). The smallest absolute Gasteiger partial charge is 0.265 e. The number of aryl methyl sites for hydroxylation is 1. The first-order chi connectivity index (χ1) is 13.0. The van der Waals surface area contributed by atoms with Crippen LogP contribution in [-0.4, -0.2) is 15.7 Å². The van der Waals surface area contributed by atoms with Crippen LogP contribution in [0.25, 0.3) is 10.2 Å². The van der Waals surface area contributed by atoms with Crippen molar-refractivity contribution < 1.29 is 13.6 Å². The minimum Gasteiger partial charge on any atom is -0.321 e. The van der Waals surface area contributed by atoms with Crippen molar-refractivity contribution in [2.24, 2.45) is 0 Å². The number of hydrogen-bond donors (Lipinski definition) is 1. The predicted octanol–water partition coefficient (Wildman–Crippen LogP) is 4.99. The number of carbonyl (C=O) groups is 1. The highest BCUT2D eigenvalue weighted by molar-refractivity contribution is 7.20. The van der Waals surface area contributed by atoms with Crippen molar-refractivity contribution in [2.75, 3.05) is 5.32 Å². The van der Waals surface area contributed by atoms with E-state index in [1.807, 2.05) is 11.6 Å². The third-order valence-corrected chi connectivity index (χ3v) is 5.31. The molecule has 0 aliphatic rings. The number of nitrogens with zero attached hydrogens (tertiary/aromatic N) is 2. The van der Waals surface area contributed by atoms with Gasteiger partial charge in [-0.15, -0.1) is 11.3 Å². The molecule has 0 radical (unpaired) electrons. The molecule has 2 aromatic heterocycles. The van der Waals surface area contributed by atoms with Gasteiger partial charge in [0.15, 0.2) is 0 Å². The summed E-state index contributed by atoms with van der Waals surface area (Å²) in [5.74, 6) is -0.988. The zero-order chi connectivity index (χ0) is 19.0. The molecule has 0 spiro atoms. The van der Waals surface area contributed by atoms with Crippen molar-refractivity contribution in [2.45, 2.75) is 13.5 Å². The van der Waals surface area contributed by atoms with E-state index in [0.717, 1.165) is 21.5 Å². The Kier molecular flexibility index (Phi) is 4.45. The van der Waals surface area contributed by atoms with Gasteiger partial charge in [-0.05, 0) is 48.9 Å². The van der Waals surface area contributed by atoms with Gasteiger partial charge in [0.1, 0.15) is 16.5 Å². The Bertz CT molecular complexity index is 1130. The average Bonchev–Trinajstić information content (AvgIpc) is 3.19. The molecule has 2 heterocycles. The van der Waals surface area contributed by atoms with E-state index in [0.29, 0.717) is 17.1 Å². The number of fused-ring (bicyclic) bond motifs is 1. The van der Waals surface area contributed by atoms with Gasteiger partial charge in [0.25, 0.3) is 5.91 Å². The summed E-state index contributed by atoms with van der Waals surface area (Å²) in [7, 11) is 0. The highest BCUT2D eigenvalue weighted by atomic mass is 32.1. The molecule has 2 aromatic carbocycles. The molecule has 0 unspecified atom stereocenters. The van der Waals surface area contributed by atoms with E-state index in [2.05, 4.69) is 10.4 Å². The number of aromatic nitrogens is 2. The molecule has 0 fully saturated rings. The quantitative estimate of drug-likeness (QED) is 0.540. The summed E-state index contributed by atoms with van der Waals surface area (Å²) in [6, 6.07) is 13.8. The van der Waals surface area contributed by atoms with Gasteiger partial charge >= 0.3 is 0 Å². The van der Waals surface area contributed by atoms with Crippen molar-refractivity contribution >= 4 is 33.1 Å². The largest absolute Gasteiger partial charge is 0.321 e. The van der Waals surface area contributed by atoms with Crippen molar-refractivity contribution in [3.05, 3.63) is 82.4 Å². The van der Waals surface area contributed by atoms with Gasteiger partial charge in [-0.1, -0.05) is 18.2 Å². The fourth-order valence-corrected chi connectivity index (χ4v) is 3.91. The molecule has 1 amide bonds. The lowest BCUT2D eigenvalue weighted by molar-refractivity contribution is 0.103. The summed E-state index contributed by atoms with van der Waals surface area (Å²) in [6.45, 7) is 2.36. The lowest BCUT2D eigenvalue weighted by Gasteiger charge is -2.04. The molecule has 27 heavy (non-hydrogen) atoms. The third-order valence-electron chi connectivity index (χ3n) is 4.16. The SMILES string of the molecule is Cc1nn(Cc2ccc(F)cc2)c2sc(C(=O)Nc3cccc(F)c3)cc12. The lowest BCUT2D eigenvalue weighted by atomic mass is 10.2. The number of halogens is 2. The zero-order valence-corrected chi connectivity index (χ0v) is 15.2. The average molecular weight is 383 g/mol. The van der Waals surface area contributed by atoms with Crippen LogP contribution < -0.4 is 5.32 Å². The van der Waals surface area contributed by atoms with Crippen LogP contribution in [0.4, 0.5) is 14.5 Å². The van der Waals surface area contributed by atoms with Crippen LogP contribution in [0, 0.1) is 18.6 Å². The molecule has 0 saturated carbocycles. The fourth-order valence-electron chi connectivity index (χ4n) is 2.85. The van der Waals surface area contributed by atoms with Crippen molar-refractivity contribution in [3.8, 4) is 0 Å². The van der Waals surface area contributed by atoms with Gasteiger partial charge in [0.2, 0.25) is 0 Å². The number of carbonyl (C=O) groups excluding carboxylic acids is 1. The highest BCUT2D eigenvalue weighted by Gasteiger charge is 2.17. The Balaban J connectivity index is 1.62. The highest BCUT2D eigenvalue weighted by Crippen LogP contribution is 2.29. The van der Waals surface area contributed by atoms with Gasteiger partial charge in [-0.25, -0.2) is 8.78 Å². The summed E-state index contributed by atoms with van der Waals surface area (Å²) in [5.41, 5.74) is 2.13. The van der Waals surface area contributed by atoms with Crippen LogP contribution >= 0.6 is 11.3 Å². The summed E-state index contributed by atoms with van der Waals surface area (Å²) in [4.78, 5) is 13.9. The maximum Gasteiger partial charge on any atom is 0.265 e. The van der Waals surface area contributed by atoms with E-state index in [1.54, 1.807) is 30.3 Å². The Hall–Kier alpha value is -3.06. The van der Waals surface area contributed by atoms with E-state index in [1.165, 1.54) is 35.6 Å². The monoisotopic (exact) mass is 383 g/mol. The molecule has 0 aliphatic heterocycles. The second-order valence-electron chi connectivity index (χ2n) is 6.16. The number of nitrogens with one attached hydrogen (secondary N) is 1. The number of thiophene rings is 1. The number of rotatable bonds is 4. The number of benzene rings is 2. The maximum absolute atomic E-state index is 13.3. The molecule has 0 bridgehead atoms. The molecule has 4 rings (SSSR count). The molecule has 0 saturated heterocycles. The normalized spacial score (nSPS) is 11.1. The first-order valence-electron chi connectivity index (χ1n) is 8.28. The predicted molar refractivity (Wildman–Crippen MR) is 102 cm³/mol. The second-order valence-corrected chi connectivity index (χ2v) is 7.19. The molecular formula is C20H15F2N3OS. The Morgan fingerprint density at radius 3 is 2.63 bits per heavy atom. The fraction of sp³-hybridized carbons (Fsp3) is 0.100. The van der Waals surface area contributed by atoms with Crippen molar-refractivity contribution in [3.63, 3.8) is 0 Å². The third kappa shape index (κ3) is 3.59. The van der Waals surface area contributed by atoms with E-state index in [9.17, 15) is 13.6 Å².